The molecule has 36 heavy (non-hydrogen) atoms. The number of carboxylic acid groups (broad SMARTS) is 1. The monoisotopic (exact) mass is 516 g/mol. The van der Waals surface area contributed by atoms with Crippen LogP contribution in [0.3, 0.4) is 0 Å². The van der Waals surface area contributed by atoms with Gasteiger partial charge in [0.15, 0.2) is 0 Å². The van der Waals surface area contributed by atoms with Crippen LogP contribution in [0.4, 0.5) is 21.8 Å². The van der Waals surface area contributed by atoms with E-state index in [9.17, 15) is 14.3 Å². The molecule has 0 radical (unpaired) electrons. The van der Waals surface area contributed by atoms with Crippen LogP contribution in [0.1, 0.15) is 25.1 Å². The van der Waals surface area contributed by atoms with E-state index in [2.05, 4.69) is 16.4 Å². The lowest BCUT2D eigenvalue weighted by atomic mass is 10.1. The molecule has 2 aromatic rings. The normalized spacial score (nSPS) is 15.9. The summed E-state index contributed by atoms with van der Waals surface area (Å²) in [5, 5.41) is 18.0. The zero-order valence-corrected chi connectivity index (χ0v) is 21.1. The fourth-order valence-corrected chi connectivity index (χ4v) is 3.81. The molecule has 2 N–H and O–H groups in total. The lowest BCUT2D eigenvalue weighted by Crippen LogP contribution is -2.37. The minimum atomic E-state index is -2.08. The van der Waals surface area contributed by atoms with Gasteiger partial charge >= 0.3 is 5.97 Å². The topological polar surface area (TPSA) is 99.0 Å². The number of hydrogen-bond donors (Lipinski definition) is 2. The molecular weight excluding hydrogens is 487 g/mol. The summed E-state index contributed by atoms with van der Waals surface area (Å²) in [6.07, 6.45) is 7.03. The van der Waals surface area contributed by atoms with Gasteiger partial charge in [-0.3, -0.25) is 0 Å². The summed E-state index contributed by atoms with van der Waals surface area (Å²) >= 11 is 6.07. The molecule has 4 rings (SSSR count). The van der Waals surface area contributed by atoms with Gasteiger partial charge in [-0.05, 0) is 50.6 Å². The quantitative estimate of drug-likeness (QED) is 0.403. The van der Waals surface area contributed by atoms with E-state index in [1.54, 1.807) is 12.2 Å². The van der Waals surface area contributed by atoms with Gasteiger partial charge in [0.2, 0.25) is 11.6 Å². The van der Waals surface area contributed by atoms with Gasteiger partial charge in [-0.1, -0.05) is 30.3 Å². The van der Waals surface area contributed by atoms with Crippen LogP contribution in [0.5, 0.6) is 0 Å². The lowest BCUT2D eigenvalue weighted by molar-refractivity contribution is -0.148. The van der Waals surface area contributed by atoms with Crippen molar-refractivity contribution in [2.24, 2.45) is 0 Å². The minimum Gasteiger partial charge on any atom is -0.516 e. The first kappa shape index (κ1) is 27.2. The van der Waals surface area contributed by atoms with Crippen molar-refractivity contribution >= 4 is 40.6 Å². The number of rotatable bonds is 6. The lowest BCUT2D eigenvalue weighted by Gasteiger charge is -2.28. The van der Waals surface area contributed by atoms with E-state index >= 15 is 0 Å². The van der Waals surface area contributed by atoms with Crippen LogP contribution in [0.15, 0.2) is 55.3 Å². The molecule has 10 heteroatoms. The third-order valence-corrected chi connectivity index (χ3v) is 5.83. The summed E-state index contributed by atoms with van der Waals surface area (Å²) < 4.78 is 17.4. The van der Waals surface area contributed by atoms with Gasteiger partial charge in [-0.2, -0.15) is 4.98 Å². The highest BCUT2D eigenvalue weighted by Crippen LogP contribution is 2.38. The van der Waals surface area contributed by atoms with Gasteiger partial charge in [-0.25, -0.2) is 14.2 Å². The smallest absolute Gasteiger partial charge is 0.340 e. The molecular formula is C26H30ClFN4O4. The van der Waals surface area contributed by atoms with E-state index < -0.39 is 11.6 Å². The number of aliphatic hydroxyl groups excluding tert-OH is 1. The Hall–Kier alpha value is -3.43. The van der Waals surface area contributed by atoms with Crippen molar-refractivity contribution in [2.45, 2.75) is 25.9 Å². The summed E-state index contributed by atoms with van der Waals surface area (Å²) in [6, 6.07) is 7.78. The SMILES string of the molecule is C=C/C=C(\C=C\O)c1nc(N2CCOCC2)nc2c1CCN2c1ccc(Cl)cc1.CC(C)(F)C(=O)O. The summed E-state index contributed by atoms with van der Waals surface area (Å²) in [6.45, 7) is 9.39. The Balaban J connectivity index is 0.000000454. The van der Waals surface area contributed by atoms with Gasteiger partial charge in [0, 0.05) is 41.5 Å². The summed E-state index contributed by atoms with van der Waals surface area (Å²) in [5.74, 6) is 0.136. The Morgan fingerprint density at radius 3 is 2.39 bits per heavy atom. The first-order chi connectivity index (χ1) is 17.2. The first-order valence-electron chi connectivity index (χ1n) is 11.5. The number of carbonyl (C=O) groups is 1. The fourth-order valence-electron chi connectivity index (χ4n) is 3.68. The molecule has 1 saturated heterocycles. The van der Waals surface area contributed by atoms with Gasteiger partial charge in [0.25, 0.3) is 0 Å². The number of halogens is 2. The van der Waals surface area contributed by atoms with Crippen LogP contribution in [0.2, 0.25) is 5.02 Å². The van der Waals surface area contributed by atoms with E-state index in [4.69, 9.17) is 31.4 Å². The Kier molecular flexibility index (Phi) is 9.06. The second-order valence-corrected chi connectivity index (χ2v) is 9.04. The Morgan fingerprint density at radius 2 is 1.83 bits per heavy atom. The summed E-state index contributed by atoms with van der Waals surface area (Å²) in [7, 11) is 0. The molecule has 8 nitrogen and oxygen atoms in total. The van der Waals surface area contributed by atoms with E-state index in [1.165, 1.54) is 0 Å². The van der Waals surface area contributed by atoms with Crippen molar-refractivity contribution in [2.75, 3.05) is 42.6 Å². The summed E-state index contributed by atoms with van der Waals surface area (Å²) in [5.41, 5.74) is 1.63. The average Bonchev–Trinajstić information content (AvgIpc) is 3.28. The predicted octanol–water partition coefficient (Wildman–Crippen LogP) is 5.12. The van der Waals surface area contributed by atoms with Crippen LogP contribution in [-0.4, -0.2) is 64.7 Å². The zero-order chi connectivity index (χ0) is 26.3. The molecule has 192 valence electrons. The first-order valence-corrected chi connectivity index (χ1v) is 11.9. The molecule has 2 aliphatic heterocycles. The second-order valence-electron chi connectivity index (χ2n) is 8.60. The molecule has 0 amide bonds. The number of alkyl halides is 1. The van der Waals surface area contributed by atoms with Crippen LogP contribution in [-0.2, 0) is 16.0 Å². The molecule has 0 spiro atoms. The van der Waals surface area contributed by atoms with Crippen LogP contribution < -0.4 is 9.80 Å². The largest absolute Gasteiger partial charge is 0.516 e. The highest BCUT2D eigenvalue weighted by Gasteiger charge is 2.29. The van der Waals surface area contributed by atoms with Gasteiger partial charge in [-0.15, -0.1) is 0 Å². The highest BCUT2D eigenvalue weighted by atomic mass is 35.5. The van der Waals surface area contributed by atoms with Crippen molar-refractivity contribution in [3.05, 3.63) is 71.6 Å². The fraction of sp³-hybridized carbons (Fsp3) is 0.346. The van der Waals surface area contributed by atoms with Crippen molar-refractivity contribution < 1.29 is 24.1 Å². The van der Waals surface area contributed by atoms with E-state index in [-0.39, 0.29) is 0 Å². The number of aromatic nitrogens is 2. The van der Waals surface area contributed by atoms with Gasteiger partial charge < -0.3 is 24.7 Å². The molecule has 3 heterocycles. The minimum absolute atomic E-state index is 0.655. The molecule has 0 saturated carbocycles. The number of anilines is 3. The maximum Gasteiger partial charge on any atom is 0.340 e. The number of morpholine rings is 1. The maximum absolute atomic E-state index is 11.9. The van der Waals surface area contributed by atoms with E-state index in [0.717, 1.165) is 74.5 Å². The third-order valence-electron chi connectivity index (χ3n) is 5.58. The Bertz CT molecular complexity index is 1140. The maximum atomic E-state index is 11.9. The van der Waals surface area contributed by atoms with Crippen LogP contribution >= 0.6 is 11.6 Å². The average molecular weight is 517 g/mol. The molecule has 1 fully saturated rings. The molecule has 2 aliphatic rings. The standard InChI is InChI=1S/C22H23ClN4O2.C4H7FO2/c1-2-3-16(9-13-28)20-19-8-10-27(18-6-4-17(23)5-7-18)21(19)25-22(24-20)26-11-14-29-15-12-26;1-4(2,5)3(6)7/h2-7,9,13,28H,1,8,10-12,14-15H2;1-2H3,(H,6,7)/b13-9+,16-3+;. The van der Waals surface area contributed by atoms with Crippen LogP contribution in [0.25, 0.3) is 5.57 Å². The number of fused-ring (bicyclic) bond motifs is 1. The van der Waals surface area contributed by atoms with Gasteiger partial charge in [0.1, 0.15) is 5.82 Å². The zero-order valence-electron chi connectivity index (χ0n) is 20.3. The Morgan fingerprint density at radius 1 is 1.19 bits per heavy atom. The second kappa shape index (κ2) is 12.0. The van der Waals surface area contributed by atoms with Crippen molar-refractivity contribution in [3.8, 4) is 0 Å². The predicted molar refractivity (Wildman–Crippen MR) is 140 cm³/mol. The molecule has 0 aliphatic carbocycles. The number of allylic oxidation sites excluding steroid dienone is 4. The molecule has 0 bridgehead atoms. The van der Waals surface area contributed by atoms with E-state index in [0.29, 0.717) is 24.2 Å². The van der Waals surface area contributed by atoms with Crippen molar-refractivity contribution in [3.63, 3.8) is 0 Å². The number of aliphatic hydroxyl groups is 1. The number of hydrogen-bond acceptors (Lipinski definition) is 7. The molecule has 1 aromatic heterocycles. The number of ether oxygens (including phenoxy) is 1. The number of carboxylic acids is 1. The van der Waals surface area contributed by atoms with Crippen molar-refractivity contribution in [1.82, 2.24) is 9.97 Å². The highest BCUT2D eigenvalue weighted by molar-refractivity contribution is 6.30. The van der Waals surface area contributed by atoms with Gasteiger partial charge in [0.05, 0.1) is 25.2 Å². The van der Waals surface area contributed by atoms with Crippen molar-refractivity contribution in [1.29, 1.82) is 0 Å². The summed E-state index contributed by atoms with van der Waals surface area (Å²) in [4.78, 5) is 23.8. The number of aliphatic carboxylic acids is 1. The molecule has 1 aromatic carbocycles. The number of nitrogens with zero attached hydrogens (tertiary/aromatic N) is 4. The number of benzene rings is 1. The molecule has 0 atom stereocenters. The van der Waals surface area contributed by atoms with E-state index in [1.807, 2.05) is 30.3 Å². The third kappa shape index (κ3) is 6.61. The molecule has 0 unspecified atom stereocenters. The Labute approximate surface area is 215 Å². The van der Waals surface area contributed by atoms with Crippen LogP contribution in [0, 0.1) is 0 Å².